The van der Waals surface area contributed by atoms with E-state index in [0.29, 0.717) is 17.1 Å². The molecule has 2 heterocycles. The molecule has 1 saturated heterocycles. The summed E-state index contributed by atoms with van der Waals surface area (Å²) in [5.74, 6) is -1.42. The molecular weight excluding hydrogens is 362 g/mol. The van der Waals surface area contributed by atoms with Gasteiger partial charge in [0.25, 0.3) is 5.79 Å². The topological polar surface area (TPSA) is 84.0 Å². The minimum Gasteiger partial charge on any atom is -0.497 e. The quantitative estimate of drug-likeness (QED) is 0.558. The molecule has 1 aromatic carbocycles. The Kier molecular flexibility index (Phi) is 5.27. The molecule has 1 aliphatic heterocycles. The zero-order valence-electron chi connectivity index (χ0n) is 16.4. The molecule has 0 saturated carbocycles. The zero-order chi connectivity index (χ0) is 20.4. The summed E-state index contributed by atoms with van der Waals surface area (Å²) in [4.78, 5) is 30.1. The smallest absolute Gasteiger partial charge is 0.327 e. The first-order valence-corrected chi connectivity index (χ1v) is 8.86. The lowest BCUT2D eigenvalue weighted by Crippen LogP contribution is -2.56. The highest BCUT2D eigenvalue weighted by Crippen LogP contribution is 2.39. The van der Waals surface area contributed by atoms with Crippen LogP contribution >= 0.6 is 0 Å². The third kappa shape index (κ3) is 3.93. The number of hydrogen-bond donors (Lipinski definition) is 0. The lowest BCUT2D eigenvalue weighted by molar-refractivity contribution is -0.251. The number of cyclic esters (lactones) is 2. The van der Waals surface area contributed by atoms with Crippen LogP contribution in [-0.4, -0.2) is 36.9 Å². The lowest BCUT2D eigenvalue weighted by atomic mass is 9.75. The monoisotopic (exact) mass is 385 g/mol. The van der Waals surface area contributed by atoms with Gasteiger partial charge in [-0.25, -0.2) is 0 Å². The van der Waals surface area contributed by atoms with Crippen molar-refractivity contribution in [2.24, 2.45) is 5.41 Å². The van der Waals surface area contributed by atoms with E-state index in [9.17, 15) is 9.59 Å². The van der Waals surface area contributed by atoms with E-state index in [2.05, 4.69) is 4.98 Å². The molecule has 1 aromatic heterocycles. The van der Waals surface area contributed by atoms with Gasteiger partial charge in [-0.15, -0.1) is 0 Å². The van der Waals surface area contributed by atoms with Crippen molar-refractivity contribution in [2.75, 3.05) is 14.2 Å². The number of aromatic nitrogens is 1. The highest BCUT2D eigenvalue weighted by molar-refractivity contribution is 6.02. The Bertz CT molecular complexity index is 835. The number of methoxy groups -OCH3 is 2. The highest BCUT2D eigenvalue weighted by atomic mass is 16.7. The summed E-state index contributed by atoms with van der Waals surface area (Å²) in [6.07, 6.45) is 3.43. The van der Waals surface area contributed by atoms with Crippen LogP contribution in [0.2, 0.25) is 0 Å². The van der Waals surface area contributed by atoms with Gasteiger partial charge in [0, 0.05) is 32.3 Å². The fourth-order valence-electron chi connectivity index (χ4n) is 3.26. The standard InChI is InChI=1S/C21H23NO6/c1-20(2)27-18(23)21(19(24)28-20,12-14-5-7-22-8-6-14)13-15-9-16(25-3)11-17(10-15)26-4/h5-11H,12-13H2,1-4H3. The lowest BCUT2D eigenvalue weighted by Gasteiger charge is -2.40. The second kappa shape index (κ2) is 7.50. The summed E-state index contributed by atoms with van der Waals surface area (Å²) in [7, 11) is 3.08. The SMILES string of the molecule is COc1cc(CC2(Cc3ccncc3)C(=O)OC(C)(C)OC2=O)cc(OC)c1. The van der Waals surface area contributed by atoms with Crippen LogP contribution in [0.3, 0.4) is 0 Å². The third-order valence-electron chi connectivity index (χ3n) is 4.63. The van der Waals surface area contributed by atoms with Crippen LogP contribution in [0.25, 0.3) is 0 Å². The molecule has 1 aliphatic rings. The Morgan fingerprint density at radius 2 is 1.36 bits per heavy atom. The Balaban J connectivity index is 2.05. The first-order valence-electron chi connectivity index (χ1n) is 8.86. The van der Waals surface area contributed by atoms with E-state index in [1.54, 1.807) is 42.7 Å². The largest absolute Gasteiger partial charge is 0.497 e. The van der Waals surface area contributed by atoms with Gasteiger partial charge in [-0.2, -0.15) is 0 Å². The maximum Gasteiger partial charge on any atom is 0.327 e. The van der Waals surface area contributed by atoms with Crippen molar-refractivity contribution in [3.63, 3.8) is 0 Å². The minimum absolute atomic E-state index is 0.0800. The van der Waals surface area contributed by atoms with E-state index in [-0.39, 0.29) is 12.8 Å². The molecule has 0 bridgehead atoms. The van der Waals surface area contributed by atoms with Crippen LogP contribution in [-0.2, 0) is 31.9 Å². The van der Waals surface area contributed by atoms with Crippen molar-refractivity contribution >= 4 is 11.9 Å². The number of carbonyl (C=O) groups is 2. The molecule has 0 radical (unpaired) electrons. The van der Waals surface area contributed by atoms with E-state index in [1.165, 1.54) is 28.1 Å². The number of pyridine rings is 1. The average molecular weight is 385 g/mol. The molecule has 0 atom stereocenters. The summed E-state index contributed by atoms with van der Waals surface area (Å²) in [5.41, 5.74) is -0.0498. The molecule has 28 heavy (non-hydrogen) atoms. The molecule has 7 heteroatoms. The first-order chi connectivity index (χ1) is 13.3. The van der Waals surface area contributed by atoms with Gasteiger partial charge in [-0.05, 0) is 48.2 Å². The summed E-state index contributed by atoms with van der Waals surface area (Å²) < 4.78 is 21.5. The second-order valence-electron chi connectivity index (χ2n) is 7.19. The number of rotatable bonds is 6. The molecule has 148 valence electrons. The molecule has 0 unspecified atom stereocenters. The van der Waals surface area contributed by atoms with Gasteiger partial charge in [-0.3, -0.25) is 14.6 Å². The maximum absolute atomic E-state index is 13.1. The molecular formula is C21H23NO6. The first kappa shape index (κ1) is 19.7. The van der Waals surface area contributed by atoms with Gasteiger partial charge >= 0.3 is 11.9 Å². The van der Waals surface area contributed by atoms with Gasteiger partial charge in [0.1, 0.15) is 11.5 Å². The number of ether oxygens (including phenoxy) is 4. The predicted molar refractivity (Wildman–Crippen MR) is 99.9 cm³/mol. The molecule has 0 spiro atoms. The molecule has 1 fully saturated rings. The molecule has 2 aromatic rings. The Hall–Kier alpha value is -3.09. The second-order valence-corrected chi connectivity index (χ2v) is 7.19. The molecule has 0 amide bonds. The van der Waals surface area contributed by atoms with Gasteiger partial charge in [-0.1, -0.05) is 0 Å². The van der Waals surface area contributed by atoms with Crippen molar-refractivity contribution in [3.8, 4) is 11.5 Å². The van der Waals surface area contributed by atoms with Crippen LogP contribution < -0.4 is 9.47 Å². The van der Waals surface area contributed by atoms with Crippen molar-refractivity contribution in [2.45, 2.75) is 32.5 Å². The van der Waals surface area contributed by atoms with Gasteiger partial charge in [0.2, 0.25) is 0 Å². The fraction of sp³-hybridized carbons (Fsp3) is 0.381. The Morgan fingerprint density at radius 3 is 1.86 bits per heavy atom. The van der Waals surface area contributed by atoms with Crippen molar-refractivity contribution in [3.05, 3.63) is 53.9 Å². The molecule has 0 aliphatic carbocycles. The van der Waals surface area contributed by atoms with Crippen molar-refractivity contribution in [1.82, 2.24) is 4.98 Å². The van der Waals surface area contributed by atoms with Crippen LogP contribution in [0.4, 0.5) is 0 Å². The van der Waals surface area contributed by atoms with Crippen LogP contribution in [0.5, 0.6) is 11.5 Å². The average Bonchev–Trinajstić information content (AvgIpc) is 2.66. The highest BCUT2D eigenvalue weighted by Gasteiger charge is 2.56. The van der Waals surface area contributed by atoms with E-state index >= 15 is 0 Å². The van der Waals surface area contributed by atoms with Crippen LogP contribution in [0.1, 0.15) is 25.0 Å². The van der Waals surface area contributed by atoms with Crippen molar-refractivity contribution < 1.29 is 28.5 Å². The minimum atomic E-state index is -1.52. The fourth-order valence-corrected chi connectivity index (χ4v) is 3.26. The summed E-state index contributed by atoms with van der Waals surface area (Å²) >= 11 is 0. The number of esters is 2. The van der Waals surface area contributed by atoms with Gasteiger partial charge in [0.15, 0.2) is 5.41 Å². The number of hydrogen-bond acceptors (Lipinski definition) is 7. The van der Waals surface area contributed by atoms with E-state index < -0.39 is 23.1 Å². The van der Waals surface area contributed by atoms with Crippen LogP contribution in [0, 0.1) is 5.41 Å². The Labute approximate surface area is 163 Å². The summed E-state index contributed by atoms with van der Waals surface area (Å²) in [5, 5.41) is 0. The Morgan fingerprint density at radius 1 is 0.857 bits per heavy atom. The van der Waals surface area contributed by atoms with E-state index in [4.69, 9.17) is 18.9 Å². The summed E-state index contributed by atoms with van der Waals surface area (Å²) in [6.45, 7) is 3.07. The molecule has 3 rings (SSSR count). The summed E-state index contributed by atoms with van der Waals surface area (Å²) in [6, 6.07) is 8.76. The number of benzene rings is 1. The number of nitrogens with zero attached hydrogens (tertiary/aromatic N) is 1. The number of carbonyl (C=O) groups excluding carboxylic acids is 2. The van der Waals surface area contributed by atoms with E-state index in [1.807, 2.05) is 0 Å². The van der Waals surface area contributed by atoms with Crippen LogP contribution in [0.15, 0.2) is 42.7 Å². The molecule has 0 N–H and O–H groups in total. The third-order valence-corrected chi connectivity index (χ3v) is 4.63. The predicted octanol–water partition coefficient (Wildman–Crippen LogP) is 2.71. The zero-order valence-corrected chi connectivity index (χ0v) is 16.4. The van der Waals surface area contributed by atoms with E-state index in [0.717, 1.165) is 5.56 Å². The van der Waals surface area contributed by atoms with Gasteiger partial charge < -0.3 is 18.9 Å². The van der Waals surface area contributed by atoms with Crippen molar-refractivity contribution in [1.29, 1.82) is 0 Å². The maximum atomic E-state index is 13.1. The van der Waals surface area contributed by atoms with Gasteiger partial charge in [0.05, 0.1) is 14.2 Å². The normalized spacial score (nSPS) is 17.4. The molecule has 7 nitrogen and oxygen atoms in total.